The van der Waals surface area contributed by atoms with Crippen LogP contribution in [0.3, 0.4) is 0 Å². The van der Waals surface area contributed by atoms with Crippen LogP contribution in [-0.4, -0.2) is 42.6 Å². The Bertz CT molecular complexity index is 469. The number of rotatable bonds is 3. The van der Waals surface area contributed by atoms with Gasteiger partial charge >= 0.3 is 0 Å². The van der Waals surface area contributed by atoms with E-state index < -0.39 is 35.4 Å². The Morgan fingerprint density at radius 1 is 1.25 bits per heavy atom. The summed E-state index contributed by atoms with van der Waals surface area (Å²) in [7, 11) is 0. The van der Waals surface area contributed by atoms with Gasteiger partial charge in [-0.2, -0.15) is 0 Å². The fraction of sp³-hybridized carbons (Fsp3) is 0.500. The van der Waals surface area contributed by atoms with Crippen molar-refractivity contribution in [3.63, 3.8) is 0 Å². The first kappa shape index (κ1) is 15.5. The van der Waals surface area contributed by atoms with E-state index in [1.807, 2.05) is 0 Å². The average molecular weight is 357 g/mol. The largest absolute Gasteiger partial charge is 0.506 e. The Kier molecular flexibility index (Phi) is 4.87. The second-order valence-electron chi connectivity index (χ2n) is 4.48. The second kappa shape index (κ2) is 6.28. The molecule has 0 spiro atoms. The molecule has 0 bridgehead atoms. The molecule has 3 nitrogen and oxygen atoms in total. The Labute approximate surface area is 121 Å². The van der Waals surface area contributed by atoms with Gasteiger partial charge in [-0.3, -0.25) is 4.90 Å². The van der Waals surface area contributed by atoms with Gasteiger partial charge in [-0.15, -0.1) is 0 Å². The van der Waals surface area contributed by atoms with E-state index in [1.165, 1.54) is 4.90 Å². The molecule has 2 rings (SSSR count). The maximum absolute atomic E-state index is 13.9. The van der Waals surface area contributed by atoms with Crippen LogP contribution in [0, 0.1) is 11.6 Å². The lowest BCUT2D eigenvalue weighted by Gasteiger charge is -2.35. The lowest BCUT2D eigenvalue weighted by molar-refractivity contribution is 0.0148. The summed E-state index contributed by atoms with van der Waals surface area (Å²) in [6, 6.07) is -0.960. The molecule has 1 fully saturated rings. The van der Waals surface area contributed by atoms with Crippen molar-refractivity contribution in [2.24, 2.45) is 0 Å². The number of nitrogens with zero attached hydrogens (tertiary/aromatic N) is 1. The Morgan fingerprint density at radius 2 is 1.85 bits per heavy atom. The smallest absolute Gasteiger partial charge is 0.258 e. The minimum Gasteiger partial charge on any atom is -0.506 e. The van der Waals surface area contributed by atoms with Gasteiger partial charge in [-0.1, -0.05) is 0 Å². The lowest BCUT2D eigenvalue weighted by atomic mass is 10.0. The number of alkyl halides is 2. The summed E-state index contributed by atoms with van der Waals surface area (Å²) in [6.45, 7) is 1.48. The molecule has 0 saturated carbocycles. The number of hydrogen-bond donors (Lipinski definition) is 2. The van der Waals surface area contributed by atoms with Gasteiger partial charge in [-0.25, -0.2) is 17.6 Å². The minimum atomic E-state index is -2.94. The third kappa shape index (κ3) is 2.91. The van der Waals surface area contributed by atoms with Crippen LogP contribution in [0.2, 0.25) is 0 Å². The van der Waals surface area contributed by atoms with E-state index in [1.54, 1.807) is 0 Å². The molecule has 112 valence electrons. The first-order valence-electron chi connectivity index (χ1n) is 6.02. The summed E-state index contributed by atoms with van der Waals surface area (Å²) in [6.07, 6.45) is -2.94. The maximum atomic E-state index is 13.9. The standard InChI is InChI=1S/C12H13BrF4N2O/c13-6-5-7(14)9(15)8(11(6)20)10(12(16)17)19-3-1-18-2-4-19/h5,10,12,18,20H,1-4H2/t10-/m1/s1. The first-order valence-corrected chi connectivity index (χ1v) is 6.82. The lowest BCUT2D eigenvalue weighted by Crippen LogP contribution is -2.47. The zero-order chi connectivity index (χ0) is 14.9. The molecule has 8 heteroatoms. The van der Waals surface area contributed by atoms with E-state index in [0.717, 1.165) is 0 Å². The fourth-order valence-corrected chi connectivity index (χ4v) is 2.72. The van der Waals surface area contributed by atoms with Gasteiger partial charge in [-0.05, 0) is 22.0 Å². The quantitative estimate of drug-likeness (QED) is 0.645. The summed E-state index contributed by atoms with van der Waals surface area (Å²) in [4.78, 5) is 1.34. The number of hydrogen-bond acceptors (Lipinski definition) is 3. The fourth-order valence-electron chi connectivity index (χ4n) is 2.30. The Morgan fingerprint density at radius 3 is 2.40 bits per heavy atom. The Balaban J connectivity index is 2.49. The van der Waals surface area contributed by atoms with Crippen LogP contribution in [0.5, 0.6) is 5.75 Å². The number of phenolic OH excluding ortho intramolecular Hbond substituents is 1. The topological polar surface area (TPSA) is 35.5 Å². The van der Waals surface area contributed by atoms with Crippen LogP contribution in [0.25, 0.3) is 0 Å². The van der Waals surface area contributed by atoms with E-state index in [4.69, 9.17) is 0 Å². The van der Waals surface area contributed by atoms with E-state index >= 15 is 0 Å². The van der Waals surface area contributed by atoms with E-state index in [0.29, 0.717) is 19.2 Å². The summed E-state index contributed by atoms with van der Waals surface area (Å²) < 4.78 is 53.8. The molecule has 0 amide bonds. The van der Waals surface area contributed by atoms with Crippen molar-refractivity contribution < 1.29 is 22.7 Å². The highest BCUT2D eigenvalue weighted by Crippen LogP contribution is 2.40. The molecule has 0 aromatic heterocycles. The minimum absolute atomic E-state index is 0.146. The van der Waals surface area contributed by atoms with Gasteiger partial charge in [0.05, 0.1) is 10.0 Å². The zero-order valence-corrected chi connectivity index (χ0v) is 11.9. The number of piperazine rings is 1. The average Bonchev–Trinajstić information content (AvgIpc) is 2.42. The van der Waals surface area contributed by atoms with Gasteiger partial charge in [0, 0.05) is 26.2 Å². The molecule has 2 N–H and O–H groups in total. The summed E-state index contributed by atoms with van der Waals surface area (Å²) >= 11 is 2.84. The third-order valence-electron chi connectivity index (χ3n) is 3.26. The van der Waals surface area contributed by atoms with Crippen molar-refractivity contribution >= 4 is 15.9 Å². The van der Waals surface area contributed by atoms with Crippen molar-refractivity contribution in [3.8, 4) is 5.75 Å². The van der Waals surface area contributed by atoms with Crippen molar-refractivity contribution in [3.05, 3.63) is 27.7 Å². The molecule has 0 aliphatic carbocycles. The number of halogens is 5. The van der Waals surface area contributed by atoms with Crippen molar-refractivity contribution in [1.82, 2.24) is 10.2 Å². The van der Waals surface area contributed by atoms with Gasteiger partial charge in [0.2, 0.25) is 0 Å². The van der Waals surface area contributed by atoms with Crippen molar-refractivity contribution in [1.29, 1.82) is 0 Å². The summed E-state index contributed by atoms with van der Waals surface area (Å²) in [5.41, 5.74) is -0.700. The molecule has 1 aromatic rings. The number of phenols is 1. The molecule has 1 atom stereocenters. The second-order valence-corrected chi connectivity index (χ2v) is 5.34. The SMILES string of the molecule is Oc1c(Br)cc(F)c(F)c1[C@H](C(F)F)N1CCNCC1. The molecule has 1 aliphatic rings. The summed E-state index contributed by atoms with van der Waals surface area (Å²) in [5, 5.41) is 12.8. The van der Waals surface area contributed by atoms with Crippen LogP contribution >= 0.6 is 15.9 Å². The van der Waals surface area contributed by atoms with E-state index in [9.17, 15) is 22.7 Å². The zero-order valence-electron chi connectivity index (χ0n) is 10.3. The predicted molar refractivity (Wildman–Crippen MR) is 68.9 cm³/mol. The normalized spacial score (nSPS) is 18.5. The first-order chi connectivity index (χ1) is 9.43. The van der Waals surface area contributed by atoms with Crippen LogP contribution < -0.4 is 5.32 Å². The van der Waals surface area contributed by atoms with Crippen molar-refractivity contribution in [2.45, 2.75) is 12.5 Å². The van der Waals surface area contributed by atoms with Crippen LogP contribution in [0.15, 0.2) is 10.5 Å². The number of nitrogens with one attached hydrogen (secondary N) is 1. The van der Waals surface area contributed by atoms with E-state index in [2.05, 4.69) is 21.2 Å². The molecule has 1 aromatic carbocycles. The highest BCUT2D eigenvalue weighted by Gasteiger charge is 2.36. The number of aromatic hydroxyl groups is 1. The highest BCUT2D eigenvalue weighted by molar-refractivity contribution is 9.10. The maximum Gasteiger partial charge on any atom is 0.258 e. The highest BCUT2D eigenvalue weighted by atomic mass is 79.9. The molecule has 1 aliphatic heterocycles. The van der Waals surface area contributed by atoms with Gasteiger partial charge in [0.1, 0.15) is 11.8 Å². The molecular weight excluding hydrogens is 344 g/mol. The van der Waals surface area contributed by atoms with Crippen LogP contribution in [0.1, 0.15) is 11.6 Å². The van der Waals surface area contributed by atoms with Crippen molar-refractivity contribution in [2.75, 3.05) is 26.2 Å². The molecule has 1 saturated heterocycles. The van der Waals surface area contributed by atoms with Gasteiger partial charge in [0.15, 0.2) is 11.6 Å². The van der Waals surface area contributed by atoms with E-state index in [-0.39, 0.29) is 17.6 Å². The van der Waals surface area contributed by atoms with Crippen LogP contribution in [-0.2, 0) is 0 Å². The predicted octanol–water partition coefficient (Wildman–Crippen LogP) is 2.64. The van der Waals surface area contributed by atoms with Crippen LogP contribution in [0.4, 0.5) is 17.6 Å². The molecule has 20 heavy (non-hydrogen) atoms. The van der Waals surface area contributed by atoms with Gasteiger partial charge < -0.3 is 10.4 Å². The molecular formula is C12H13BrF4N2O. The number of benzene rings is 1. The third-order valence-corrected chi connectivity index (χ3v) is 3.86. The molecule has 0 unspecified atom stereocenters. The molecule has 0 radical (unpaired) electrons. The monoisotopic (exact) mass is 356 g/mol. The van der Waals surface area contributed by atoms with Gasteiger partial charge in [0.25, 0.3) is 6.43 Å². The Hall–Kier alpha value is -0.860. The molecule has 1 heterocycles. The summed E-state index contributed by atoms with van der Waals surface area (Å²) in [5.74, 6) is -3.40.